The van der Waals surface area contributed by atoms with Gasteiger partial charge in [-0.05, 0) is 58.0 Å². The highest BCUT2D eigenvalue weighted by atomic mass is 16.5. The van der Waals surface area contributed by atoms with Crippen molar-refractivity contribution in [1.29, 1.82) is 0 Å². The molecule has 140 valence electrons. The van der Waals surface area contributed by atoms with Crippen LogP contribution >= 0.6 is 0 Å². The van der Waals surface area contributed by atoms with Crippen molar-refractivity contribution in [2.45, 2.75) is 33.2 Å². The second-order valence-electron chi connectivity index (χ2n) is 6.81. The maximum absolute atomic E-state index is 12.3. The van der Waals surface area contributed by atoms with Gasteiger partial charge in [0.1, 0.15) is 19.0 Å². The minimum atomic E-state index is -0.299. The van der Waals surface area contributed by atoms with Crippen molar-refractivity contribution in [3.05, 3.63) is 54.1 Å². The zero-order valence-corrected chi connectivity index (χ0v) is 15.9. The highest BCUT2D eigenvalue weighted by Crippen LogP contribution is 2.28. The van der Waals surface area contributed by atoms with Crippen LogP contribution in [0.3, 0.4) is 0 Å². The Kier molecular flexibility index (Phi) is 6.89. The van der Waals surface area contributed by atoms with Gasteiger partial charge in [-0.25, -0.2) is 0 Å². The number of carbonyl (C=O) groups is 1. The molecule has 1 N–H and O–H groups in total. The monoisotopic (exact) mass is 357 g/mol. The minimum absolute atomic E-state index is 0.141. The van der Waals surface area contributed by atoms with Crippen LogP contribution in [-0.4, -0.2) is 31.3 Å². The maximum atomic E-state index is 12.3. The number of hydrogen-bond donors (Lipinski definition) is 1. The molecule has 0 spiro atoms. The molecule has 0 aromatic heterocycles. The Labute approximate surface area is 155 Å². The molecule has 2 rings (SSSR count). The maximum Gasteiger partial charge on any atom is 0.251 e. The second kappa shape index (κ2) is 9.13. The number of para-hydroxylation sites is 1. The van der Waals surface area contributed by atoms with E-state index in [1.165, 1.54) is 0 Å². The van der Waals surface area contributed by atoms with Gasteiger partial charge in [0.05, 0.1) is 6.61 Å². The number of nitrogens with one attached hydrogen (secondary N) is 1. The third-order valence-corrected chi connectivity index (χ3v) is 3.35. The van der Waals surface area contributed by atoms with Gasteiger partial charge in [0.25, 0.3) is 5.91 Å². The van der Waals surface area contributed by atoms with E-state index in [9.17, 15) is 4.79 Å². The summed E-state index contributed by atoms with van der Waals surface area (Å²) < 4.78 is 17.0. The summed E-state index contributed by atoms with van der Waals surface area (Å²) in [5, 5.41) is 2.94. The van der Waals surface area contributed by atoms with Gasteiger partial charge in [0.15, 0.2) is 11.5 Å². The first-order valence-corrected chi connectivity index (χ1v) is 8.79. The molecule has 0 aliphatic heterocycles. The van der Waals surface area contributed by atoms with Crippen LogP contribution in [0.15, 0.2) is 48.5 Å². The number of carbonyl (C=O) groups excluding carboxylic acids is 1. The van der Waals surface area contributed by atoms with E-state index in [4.69, 9.17) is 14.2 Å². The molecule has 0 saturated carbocycles. The van der Waals surface area contributed by atoms with Crippen LogP contribution in [0.2, 0.25) is 0 Å². The average Bonchev–Trinajstić information content (AvgIpc) is 2.59. The molecule has 2 aromatic carbocycles. The number of amides is 1. The summed E-state index contributed by atoms with van der Waals surface area (Å²) >= 11 is 0. The lowest BCUT2D eigenvalue weighted by Crippen LogP contribution is -2.40. The van der Waals surface area contributed by atoms with E-state index >= 15 is 0 Å². The van der Waals surface area contributed by atoms with Crippen LogP contribution in [0.4, 0.5) is 0 Å². The first-order chi connectivity index (χ1) is 12.4. The predicted molar refractivity (Wildman–Crippen MR) is 102 cm³/mol. The predicted octanol–water partition coefficient (Wildman–Crippen LogP) is 4.07. The van der Waals surface area contributed by atoms with Crippen LogP contribution in [0.25, 0.3) is 0 Å². The lowest BCUT2D eigenvalue weighted by Gasteiger charge is -2.21. The van der Waals surface area contributed by atoms with Gasteiger partial charge in [-0.1, -0.05) is 18.2 Å². The van der Waals surface area contributed by atoms with Gasteiger partial charge in [0.2, 0.25) is 0 Å². The molecule has 2 aromatic rings. The van der Waals surface area contributed by atoms with Crippen LogP contribution in [-0.2, 0) is 0 Å². The summed E-state index contributed by atoms with van der Waals surface area (Å²) in [6.07, 6.45) is 0. The van der Waals surface area contributed by atoms with Crippen molar-refractivity contribution in [3.8, 4) is 17.2 Å². The summed E-state index contributed by atoms with van der Waals surface area (Å²) in [6.45, 7) is 9.01. The van der Waals surface area contributed by atoms with Crippen LogP contribution < -0.4 is 19.5 Å². The fraction of sp³-hybridized carbons (Fsp3) is 0.381. The molecular formula is C21H27NO4. The Morgan fingerprint density at radius 3 is 2.27 bits per heavy atom. The summed E-state index contributed by atoms with van der Waals surface area (Å²) in [7, 11) is 0. The molecule has 0 aliphatic rings. The lowest BCUT2D eigenvalue weighted by atomic mass is 10.1. The normalized spacial score (nSPS) is 10.9. The summed E-state index contributed by atoms with van der Waals surface area (Å²) in [6, 6.07) is 14.8. The fourth-order valence-corrected chi connectivity index (χ4v) is 2.28. The Bertz CT molecular complexity index is 708. The third kappa shape index (κ3) is 6.31. The molecule has 1 amide bonds. The summed E-state index contributed by atoms with van der Waals surface area (Å²) in [5.74, 6) is 1.80. The Hall–Kier alpha value is -2.69. The molecule has 0 fully saturated rings. The third-order valence-electron chi connectivity index (χ3n) is 3.35. The lowest BCUT2D eigenvalue weighted by molar-refractivity contribution is 0.0919. The first-order valence-electron chi connectivity index (χ1n) is 8.79. The Morgan fingerprint density at radius 2 is 1.62 bits per heavy atom. The SMILES string of the molecule is CCOc1cc(C(=O)NC(C)(C)C)ccc1OCCOc1ccccc1. The second-order valence-corrected chi connectivity index (χ2v) is 6.81. The van der Waals surface area contributed by atoms with Crippen LogP contribution in [0, 0.1) is 0 Å². The van der Waals surface area contributed by atoms with Gasteiger partial charge >= 0.3 is 0 Å². The summed E-state index contributed by atoms with van der Waals surface area (Å²) in [5.41, 5.74) is 0.239. The largest absolute Gasteiger partial charge is 0.490 e. The quantitative estimate of drug-likeness (QED) is 0.724. The highest BCUT2D eigenvalue weighted by molar-refractivity contribution is 5.95. The van der Waals surface area contributed by atoms with E-state index in [1.807, 2.05) is 58.0 Å². The molecule has 5 nitrogen and oxygen atoms in total. The van der Waals surface area contributed by atoms with E-state index in [2.05, 4.69) is 5.32 Å². The van der Waals surface area contributed by atoms with E-state index in [0.717, 1.165) is 5.75 Å². The molecule has 26 heavy (non-hydrogen) atoms. The van der Waals surface area contributed by atoms with E-state index in [0.29, 0.717) is 36.9 Å². The van der Waals surface area contributed by atoms with Gasteiger partial charge in [-0.15, -0.1) is 0 Å². The van der Waals surface area contributed by atoms with Gasteiger partial charge in [-0.3, -0.25) is 4.79 Å². The molecule has 0 aliphatic carbocycles. The number of rotatable bonds is 8. The molecule has 5 heteroatoms. The standard InChI is InChI=1S/C21H27NO4/c1-5-24-19-15-16(20(23)22-21(2,3)4)11-12-18(19)26-14-13-25-17-9-7-6-8-10-17/h6-12,15H,5,13-14H2,1-4H3,(H,22,23). The molecule has 0 unspecified atom stereocenters. The van der Waals surface area contributed by atoms with Crippen molar-refractivity contribution >= 4 is 5.91 Å². The van der Waals surface area contributed by atoms with E-state index in [-0.39, 0.29) is 11.4 Å². The topological polar surface area (TPSA) is 56.8 Å². The Morgan fingerprint density at radius 1 is 0.923 bits per heavy atom. The van der Waals surface area contributed by atoms with Gasteiger partial charge < -0.3 is 19.5 Å². The van der Waals surface area contributed by atoms with Gasteiger partial charge in [0, 0.05) is 11.1 Å². The van der Waals surface area contributed by atoms with Crippen LogP contribution in [0.1, 0.15) is 38.1 Å². The highest BCUT2D eigenvalue weighted by Gasteiger charge is 2.17. The van der Waals surface area contributed by atoms with Crippen molar-refractivity contribution in [3.63, 3.8) is 0 Å². The molecule has 0 bridgehead atoms. The smallest absolute Gasteiger partial charge is 0.251 e. The van der Waals surface area contributed by atoms with Crippen molar-refractivity contribution in [2.75, 3.05) is 19.8 Å². The van der Waals surface area contributed by atoms with Crippen LogP contribution in [0.5, 0.6) is 17.2 Å². The zero-order chi connectivity index (χ0) is 19.0. The van der Waals surface area contributed by atoms with Crippen molar-refractivity contribution in [2.24, 2.45) is 0 Å². The van der Waals surface area contributed by atoms with Gasteiger partial charge in [-0.2, -0.15) is 0 Å². The fourth-order valence-electron chi connectivity index (χ4n) is 2.28. The van der Waals surface area contributed by atoms with Crippen molar-refractivity contribution in [1.82, 2.24) is 5.32 Å². The minimum Gasteiger partial charge on any atom is -0.490 e. The molecule has 0 atom stereocenters. The first kappa shape index (κ1) is 19.6. The molecule has 0 radical (unpaired) electrons. The average molecular weight is 357 g/mol. The molecule has 0 saturated heterocycles. The zero-order valence-electron chi connectivity index (χ0n) is 15.9. The number of ether oxygens (including phenoxy) is 3. The summed E-state index contributed by atoms with van der Waals surface area (Å²) in [4.78, 5) is 12.3. The van der Waals surface area contributed by atoms with Crippen molar-refractivity contribution < 1.29 is 19.0 Å². The van der Waals surface area contributed by atoms with E-state index in [1.54, 1.807) is 18.2 Å². The Balaban J connectivity index is 1.98. The molecular weight excluding hydrogens is 330 g/mol. The molecule has 0 heterocycles. The number of hydrogen-bond acceptors (Lipinski definition) is 4. The van der Waals surface area contributed by atoms with E-state index < -0.39 is 0 Å². The number of benzene rings is 2.